The lowest BCUT2D eigenvalue weighted by molar-refractivity contribution is 0.305. The Balaban J connectivity index is 1.10. The predicted molar refractivity (Wildman–Crippen MR) is 222 cm³/mol. The van der Waals surface area contributed by atoms with Crippen LogP contribution in [0.15, 0.2) is 156 Å². The Morgan fingerprint density at radius 3 is 1.95 bits per heavy atom. The molecule has 1 fully saturated rings. The van der Waals surface area contributed by atoms with Gasteiger partial charge < -0.3 is 9.30 Å². The first-order chi connectivity index (χ1) is 27.1. The largest absolute Gasteiger partial charge is 0.489 e. The summed E-state index contributed by atoms with van der Waals surface area (Å²) in [6.07, 6.45) is 6.01. The molecule has 272 valence electrons. The summed E-state index contributed by atoms with van der Waals surface area (Å²) in [7, 11) is 0. The third-order valence-electron chi connectivity index (χ3n) is 10.9. The monoisotopic (exact) mass is 784 g/mol. The van der Waals surface area contributed by atoms with Crippen LogP contribution in [0.5, 0.6) is 5.75 Å². The molecule has 1 aliphatic rings. The zero-order valence-corrected chi connectivity index (χ0v) is 32.3. The highest BCUT2D eigenvalue weighted by Crippen LogP contribution is 2.41. The summed E-state index contributed by atoms with van der Waals surface area (Å²) in [6.45, 7) is 2.59. The normalized spacial score (nSPS) is 13.6. The summed E-state index contributed by atoms with van der Waals surface area (Å²) in [4.78, 5) is 7.10. The van der Waals surface area contributed by atoms with Crippen molar-refractivity contribution in [2.75, 3.05) is 0 Å². The number of tetrazole rings is 1. The smallest absolute Gasteiger partial charge is 0.205 e. The molecule has 0 atom stereocenters. The van der Waals surface area contributed by atoms with Gasteiger partial charge in [0.05, 0.1) is 11.0 Å². The van der Waals surface area contributed by atoms with Crippen LogP contribution in [0, 0.1) is 6.92 Å². The van der Waals surface area contributed by atoms with Gasteiger partial charge >= 0.3 is 0 Å². The molecule has 8 aromatic rings. The number of rotatable bonds is 10. The Kier molecular flexibility index (Phi) is 9.58. The summed E-state index contributed by atoms with van der Waals surface area (Å²) in [6, 6.07) is 52.8. The number of hydrogen-bond donors (Lipinski definition) is 0. The molecule has 9 rings (SSSR count). The molecule has 7 nitrogen and oxygen atoms in total. The molecule has 6 aromatic carbocycles. The zero-order valence-electron chi connectivity index (χ0n) is 30.7. The van der Waals surface area contributed by atoms with E-state index in [9.17, 15) is 0 Å². The Bertz CT molecular complexity index is 2450. The molecule has 0 N–H and O–H groups in total. The molecule has 2 aromatic heterocycles. The van der Waals surface area contributed by atoms with Gasteiger partial charge in [-0.1, -0.05) is 144 Å². The number of nitrogens with zero attached hydrogens (tertiary/aromatic N) is 6. The number of benzene rings is 6. The Morgan fingerprint density at radius 2 is 1.31 bits per heavy atom. The van der Waals surface area contributed by atoms with E-state index >= 15 is 0 Å². The quantitative estimate of drug-likeness (QED) is 0.129. The lowest BCUT2D eigenvalue weighted by Crippen LogP contribution is -2.39. The standard InChI is InChI=1S/C47H41BrN6O/c1-33-22-28-42(48)36(30-33)32-55-41-26-23-34(24-27-41)46-49-43-31-35(25-29-44(43)53(46)40-20-12-5-13-21-40)45-50-52-54(51-45)47(37-14-6-2-7-15-37,38-16-8-3-9-17-38)39-18-10-4-11-19-39/h2-4,6-11,14-19,22-31,40H,5,12-13,20-21,32H2,1H3. The molecular formula is C47H41BrN6O. The number of aryl methyl sites for hydroxylation is 1. The fourth-order valence-electron chi connectivity index (χ4n) is 8.18. The van der Waals surface area contributed by atoms with Gasteiger partial charge in [-0.05, 0) is 90.2 Å². The van der Waals surface area contributed by atoms with Gasteiger partial charge in [-0.25, -0.2) is 4.98 Å². The van der Waals surface area contributed by atoms with Gasteiger partial charge in [-0.2, -0.15) is 0 Å². The van der Waals surface area contributed by atoms with E-state index < -0.39 is 5.54 Å². The first kappa shape index (κ1) is 34.9. The average Bonchev–Trinajstić information content (AvgIpc) is 3.89. The first-order valence-corrected chi connectivity index (χ1v) is 19.8. The number of halogens is 1. The lowest BCUT2D eigenvalue weighted by atomic mass is 9.77. The molecule has 0 spiro atoms. The second-order valence-corrected chi connectivity index (χ2v) is 15.3. The zero-order chi connectivity index (χ0) is 37.2. The van der Waals surface area contributed by atoms with Crippen LogP contribution in [0.3, 0.4) is 0 Å². The van der Waals surface area contributed by atoms with Gasteiger partial charge in [0.2, 0.25) is 5.82 Å². The number of aromatic nitrogens is 6. The summed E-state index contributed by atoms with van der Waals surface area (Å²) in [5.74, 6) is 2.34. The van der Waals surface area contributed by atoms with E-state index in [1.807, 2.05) is 18.2 Å². The van der Waals surface area contributed by atoms with E-state index in [4.69, 9.17) is 25.1 Å². The SMILES string of the molecule is Cc1ccc(Br)c(COc2ccc(-c3nc4cc(-c5nnn(C(c6ccccc6)(c6ccccc6)c6ccccc6)n5)ccc4n3C3CCCCC3)cc2)c1. The molecular weight excluding hydrogens is 744 g/mol. The highest BCUT2D eigenvalue weighted by atomic mass is 79.9. The minimum Gasteiger partial charge on any atom is -0.489 e. The molecule has 0 bridgehead atoms. The molecule has 0 saturated heterocycles. The lowest BCUT2D eigenvalue weighted by Gasteiger charge is -2.34. The van der Waals surface area contributed by atoms with Crippen LogP contribution >= 0.6 is 15.9 Å². The van der Waals surface area contributed by atoms with Crippen LogP contribution in [-0.4, -0.2) is 29.8 Å². The van der Waals surface area contributed by atoms with Crippen molar-refractivity contribution in [1.29, 1.82) is 0 Å². The van der Waals surface area contributed by atoms with Gasteiger partial charge in [-0.3, -0.25) is 0 Å². The second-order valence-electron chi connectivity index (χ2n) is 14.4. The Hall–Kier alpha value is -5.86. The van der Waals surface area contributed by atoms with Crippen molar-refractivity contribution in [3.8, 4) is 28.5 Å². The van der Waals surface area contributed by atoms with Crippen molar-refractivity contribution in [3.05, 3.63) is 184 Å². The third-order valence-corrected chi connectivity index (χ3v) is 11.7. The molecule has 55 heavy (non-hydrogen) atoms. The number of fused-ring (bicyclic) bond motifs is 1. The number of imidazole rings is 1. The summed E-state index contributed by atoms with van der Waals surface area (Å²) in [5.41, 5.74) is 8.59. The maximum atomic E-state index is 6.22. The fourth-order valence-corrected chi connectivity index (χ4v) is 8.54. The molecule has 0 radical (unpaired) electrons. The van der Waals surface area contributed by atoms with Gasteiger partial charge in [0.1, 0.15) is 18.2 Å². The van der Waals surface area contributed by atoms with Gasteiger partial charge in [0.25, 0.3) is 0 Å². The molecule has 8 heteroatoms. The fraction of sp³-hybridized carbons (Fsp3) is 0.191. The van der Waals surface area contributed by atoms with E-state index in [0.717, 1.165) is 73.3 Å². The van der Waals surface area contributed by atoms with Crippen molar-refractivity contribution in [3.63, 3.8) is 0 Å². The number of hydrogen-bond acceptors (Lipinski definition) is 5. The Morgan fingerprint density at radius 1 is 0.691 bits per heavy atom. The van der Waals surface area contributed by atoms with Crippen molar-refractivity contribution in [1.82, 2.24) is 29.8 Å². The minimum absolute atomic E-state index is 0.386. The molecule has 2 heterocycles. The van der Waals surface area contributed by atoms with Gasteiger partial charge in [0.15, 0.2) is 5.54 Å². The summed E-state index contributed by atoms with van der Waals surface area (Å²) in [5, 5.41) is 14.7. The van der Waals surface area contributed by atoms with Gasteiger partial charge in [0, 0.05) is 27.2 Å². The van der Waals surface area contributed by atoms with E-state index in [-0.39, 0.29) is 0 Å². The Labute approximate surface area is 329 Å². The first-order valence-electron chi connectivity index (χ1n) is 19.1. The maximum Gasteiger partial charge on any atom is 0.205 e. The van der Waals surface area contributed by atoms with Crippen molar-refractivity contribution < 1.29 is 4.74 Å². The second kappa shape index (κ2) is 15.1. The topological polar surface area (TPSA) is 70.7 Å². The van der Waals surface area contributed by atoms with Crippen LogP contribution in [0.2, 0.25) is 0 Å². The molecule has 0 amide bonds. The molecule has 1 aliphatic carbocycles. The van der Waals surface area contributed by atoms with Crippen molar-refractivity contribution >= 4 is 27.0 Å². The van der Waals surface area contributed by atoms with E-state index in [0.29, 0.717) is 18.5 Å². The minimum atomic E-state index is -0.846. The predicted octanol–water partition coefficient (Wildman–Crippen LogP) is 11.4. The van der Waals surface area contributed by atoms with Crippen molar-refractivity contribution in [2.24, 2.45) is 0 Å². The third kappa shape index (κ3) is 6.65. The molecule has 0 unspecified atom stereocenters. The summed E-state index contributed by atoms with van der Waals surface area (Å²) < 4.78 is 9.74. The van der Waals surface area contributed by atoms with E-state index in [1.165, 1.54) is 24.8 Å². The van der Waals surface area contributed by atoms with Crippen LogP contribution < -0.4 is 4.74 Å². The molecule has 0 aliphatic heterocycles. The van der Waals surface area contributed by atoms with Crippen LogP contribution in [0.4, 0.5) is 0 Å². The summed E-state index contributed by atoms with van der Waals surface area (Å²) >= 11 is 3.66. The van der Waals surface area contributed by atoms with Crippen LogP contribution in [-0.2, 0) is 12.1 Å². The van der Waals surface area contributed by atoms with E-state index in [1.54, 1.807) is 4.80 Å². The highest BCUT2D eigenvalue weighted by Gasteiger charge is 2.41. The molecule has 1 saturated carbocycles. The maximum absolute atomic E-state index is 6.22. The van der Waals surface area contributed by atoms with Crippen LogP contribution in [0.1, 0.15) is 66.0 Å². The number of ether oxygens (including phenoxy) is 1. The van der Waals surface area contributed by atoms with Crippen LogP contribution in [0.25, 0.3) is 33.8 Å². The highest BCUT2D eigenvalue weighted by molar-refractivity contribution is 9.10. The van der Waals surface area contributed by atoms with Crippen molar-refractivity contribution in [2.45, 2.75) is 57.2 Å². The van der Waals surface area contributed by atoms with E-state index in [2.05, 4.69) is 161 Å². The average molecular weight is 786 g/mol. The van der Waals surface area contributed by atoms with Gasteiger partial charge in [-0.15, -0.1) is 15.0 Å².